The number of benzene rings is 3. The zero-order valence-corrected chi connectivity index (χ0v) is 14.0. The molecule has 0 aliphatic carbocycles. The largest absolute Gasteiger partial charge is 0.457 e. The number of carbonyl (C=O) groups excluding carboxylic acids is 2. The Kier molecular flexibility index (Phi) is 5.29. The van der Waals surface area contributed by atoms with Crippen molar-refractivity contribution < 1.29 is 14.3 Å². The summed E-state index contributed by atoms with van der Waals surface area (Å²) in [6.07, 6.45) is 0.107. The van der Waals surface area contributed by atoms with Crippen molar-refractivity contribution in [1.82, 2.24) is 0 Å². The van der Waals surface area contributed by atoms with E-state index in [1.54, 1.807) is 24.3 Å². The van der Waals surface area contributed by atoms with Gasteiger partial charge in [-0.2, -0.15) is 0 Å². The highest BCUT2D eigenvalue weighted by Gasteiger charge is 2.13. The molecule has 0 heterocycles. The van der Waals surface area contributed by atoms with Crippen LogP contribution in [-0.4, -0.2) is 11.8 Å². The summed E-state index contributed by atoms with van der Waals surface area (Å²) in [5.74, 6) is 0.452. The lowest BCUT2D eigenvalue weighted by molar-refractivity contribution is -0.115. The minimum Gasteiger partial charge on any atom is -0.457 e. The Balaban J connectivity index is 1.75. The van der Waals surface area contributed by atoms with E-state index in [1.807, 2.05) is 54.6 Å². The van der Waals surface area contributed by atoms with Crippen molar-refractivity contribution in [3.63, 3.8) is 0 Å². The van der Waals surface area contributed by atoms with Crippen molar-refractivity contribution in [2.45, 2.75) is 6.42 Å². The normalized spacial score (nSPS) is 10.2. The lowest BCUT2D eigenvalue weighted by Crippen LogP contribution is -2.19. The van der Waals surface area contributed by atoms with Crippen LogP contribution in [0.3, 0.4) is 0 Å². The molecule has 0 spiro atoms. The van der Waals surface area contributed by atoms with Gasteiger partial charge in [-0.3, -0.25) is 9.59 Å². The molecule has 5 nitrogen and oxygen atoms in total. The van der Waals surface area contributed by atoms with Crippen LogP contribution in [0.15, 0.2) is 78.9 Å². The van der Waals surface area contributed by atoms with Gasteiger partial charge < -0.3 is 15.8 Å². The summed E-state index contributed by atoms with van der Waals surface area (Å²) < 4.78 is 5.87. The standard InChI is InChI=1S/C21H18N2O3/c22-21(25)17-11-5-6-12-18(17)23-20(24)14-15-8-4-7-13-19(15)26-16-9-2-1-3-10-16/h1-13H,14H2,(H2,22,25)(H,23,24). The quantitative estimate of drug-likeness (QED) is 0.713. The van der Waals surface area contributed by atoms with Crippen LogP contribution in [0.25, 0.3) is 0 Å². The average molecular weight is 346 g/mol. The first-order chi connectivity index (χ1) is 12.6. The van der Waals surface area contributed by atoms with Gasteiger partial charge in [-0.1, -0.05) is 48.5 Å². The zero-order chi connectivity index (χ0) is 18.4. The number of ether oxygens (including phenoxy) is 1. The highest BCUT2D eigenvalue weighted by molar-refractivity contribution is 6.03. The van der Waals surface area contributed by atoms with Gasteiger partial charge >= 0.3 is 0 Å². The number of nitrogens with two attached hydrogens (primary N) is 1. The Hall–Kier alpha value is -3.60. The predicted molar refractivity (Wildman–Crippen MR) is 100 cm³/mol. The first kappa shape index (κ1) is 17.2. The van der Waals surface area contributed by atoms with Crippen LogP contribution in [0.5, 0.6) is 11.5 Å². The Morgan fingerprint density at radius 3 is 2.27 bits per heavy atom. The van der Waals surface area contributed by atoms with E-state index in [0.29, 0.717) is 17.2 Å². The molecule has 3 rings (SSSR count). The topological polar surface area (TPSA) is 81.4 Å². The molecule has 5 heteroatoms. The molecule has 0 unspecified atom stereocenters. The maximum absolute atomic E-state index is 12.4. The van der Waals surface area contributed by atoms with Gasteiger partial charge in [0.25, 0.3) is 5.91 Å². The van der Waals surface area contributed by atoms with Gasteiger partial charge in [-0.25, -0.2) is 0 Å². The third kappa shape index (κ3) is 4.27. The summed E-state index contributed by atoms with van der Waals surface area (Å²) in [7, 11) is 0. The molecule has 3 aromatic rings. The average Bonchev–Trinajstić information content (AvgIpc) is 2.64. The van der Waals surface area contributed by atoms with Crippen LogP contribution >= 0.6 is 0 Å². The summed E-state index contributed by atoms with van der Waals surface area (Å²) >= 11 is 0. The second kappa shape index (κ2) is 7.98. The molecule has 26 heavy (non-hydrogen) atoms. The first-order valence-electron chi connectivity index (χ1n) is 8.13. The van der Waals surface area contributed by atoms with Crippen LogP contribution in [-0.2, 0) is 11.2 Å². The van der Waals surface area contributed by atoms with Crippen molar-refractivity contribution in [2.75, 3.05) is 5.32 Å². The molecule has 3 N–H and O–H groups in total. The lowest BCUT2D eigenvalue weighted by atomic mass is 10.1. The van der Waals surface area contributed by atoms with Crippen LogP contribution in [0.4, 0.5) is 5.69 Å². The van der Waals surface area contributed by atoms with Crippen LogP contribution in [0.2, 0.25) is 0 Å². The fraction of sp³-hybridized carbons (Fsp3) is 0.0476. The number of para-hydroxylation sites is 3. The molecule has 0 saturated carbocycles. The summed E-state index contributed by atoms with van der Waals surface area (Å²) in [6.45, 7) is 0. The molecule has 2 amide bonds. The van der Waals surface area contributed by atoms with Crippen molar-refractivity contribution in [3.05, 3.63) is 90.0 Å². The third-order valence-electron chi connectivity index (χ3n) is 3.76. The van der Waals surface area contributed by atoms with Crippen LogP contribution < -0.4 is 15.8 Å². The van der Waals surface area contributed by atoms with Crippen molar-refractivity contribution in [2.24, 2.45) is 5.73 Å². The number of hydrogen-bond donors (Lipinski definition) is 2. The summed E-state index contributed by atoms with van der Waals surface area (Å²) in [6, 6.07) is 23.3. The monoisotopic (exact) mass is 346 g/mol. The summed E-state index contributed by atoms with van der Waals surface area (Å²) in [5, 5.41) is 2.74. The second-order valence-corrected chi connectivity index (χ2v) is 5.66. The molecule has 0 aliphatic rings. The van der Waals surface area contributed by atoms with Crippen molar-refractivity contribution in [1.29, 1.82) is 0 Å². The smallest absolute Gasteiger partial charge is 0.250 e. The van der Waals surface area contributed by atoms with E-state index in [-0.39, 0.29) is 17.9 Å². The Morgan fingerprint density at radius 2 is 1.50 bits per heavy atom. The number of amides is 2. The van der Waals surface area contributed by atoms with Gasteiger partial charge in [0.1, 0.15) is 11.5 Å². The number of primary amides is 1. The number of anilines is 1. The first-order valence-corrected chi connectivity index (χ1v) is 8.13. The van der Waals surface area contributed by atoms with Gasteiger partial charge in [0.2, 0.25) is 5.91 Å². The SMILES string of the molecule is NC(=O)c1ccccc1NC(=O)Cc1ccccc1Oc1ccccc1. The van der Waals surface area contributed by atoms with Crippen LogP contribution in [0, 0.1) is 0 Å². The molecule has 0 aliphatic heterocycles. The summed E-state index contributed by atoms with van der Waals surface area (Å²) in [5.41, 5.74) is 6.75. The number of rotatable bonds is 6. The van der Waals surface area contributed by atoms with Crippen LogP contribution in [0.1, 0.15) is 15.9 Å². The number of hydrogen-bond acceptors (Lipinski definition) is 3. The molecular formula is C21H18N2O3. The number of nitrogens with one attached hydrogen (secondary N) is 1. The molecule has 0 radical (unpaired) electrons. The van der Waals surface area contributed by atoms with E-state index in [0.717, 1.165) is 5.56 Å². The molecule has 0 fully saturated rings. The number of carbonyl (C=O) groups is 2. The highest BCUT2D eigenvalue weighted by Crippen LogP contribution is 2.25. The molecule has 0 aromatic heterocycles. The minimum atomic E-state index is -0.589. The van der Waals surface area contributed by atoms with E-state index in [2.05, 4.69) is 5.32 Å². The zero-order valence-electron chi connectivity index (χ0n) is 14.0. The van der Waals surface area contributed by atoms with E-state index in [1.165, 1.54) is 0 Å². The van der Waals surface area contributed by atoms with Gasteiger partial charge in [-0.15, -0.1) is 0 Å². The van der Waals surface area contributed by atoms with Crippen molar-refractivity contribution >= 4 is 17.5 Å². The molecule has 0 bridgehead atoms. The fourth-order valence-corrected chi connectivity index (χ4v) is 2.54. The van der Waals surface area contributed by atoms with Gasteiger partial charge in [0, 0.05) is 5.56 Å². The van der Waals surface area contributed by atoms with Gasteiger partial charge in [0.15, 0.2) is 0 Å². The Morgan fingerprint density at radius 1 is 0.846 bits per heavy atom. The van der Waals surface area contributed by atoms with E-state index >= 15 is 0 Å². The molecule has 130 valence electrons. The molecule has 0 saturated heterocycles. The maximum Gasteiger partial charge on any atom is 0.250 e. The maximum atomic E-state index is 12.4. The fourth-order valence-electron chi connectivity index (χ4n) is 2.54. The Bertz CT molecular complexity index is 923. The Labute approximate surface area is 151 Å². The molecule has 0 atom stereocenters. The van der Waals surface area contributed by atoms with Gasteiger partial charge in [-0.05, 0) is 30.3 Å². The lowest BCUT2D eigenvalue weighted by Gasteiger charge is -2.12. The van der Waals surface area contributed by atoms with Gasteiger partial charge in [0.05, 0.1) is 17.7 Å². The van der Waals surface area contributed by atoms with E-state index in [4.69, 9.17) is 10.5 Å². The van der Waals surface area contributed by atoms with E-state index < -0.39 is 5.91 Å². The third-order valence-corrected chi connectivity index (χ3v) is 3.76. The minimum absolute atomic E-state index is 0.107. The molecule has 3 aromatic carbocycles. The van der Waals surface area contributed by atoms with E-state index in [9.17, 15) is 9.59 Å². The predicted octanol–water partition coefficient (Wildman–Crippen LogP) is 3.76. The second-order valence-electron chi connectivity index (χ2n) is 5.66. The highest BCUT2D eigenvalue weighted by atomic mass is 16.5. The molecular weight excluding hydrogens is 328 g/mol. The van der Waals surface area contributed by atoms with Crippen molar-refractivity contribution in [3.8, 4) is 11.5 Å². The summed E-state index contributed by atoms with van der Waals surface area (Å²) in [4.78, 5) is 23.9.